The lowest BCUT2D eigenvalue weighted by Crippen LogP contribution is -2.20. The van der Waals surface area contributed by atoms with E-state index in [0.29, 0.717) is 19.8 Å². The van der Waals surface area contributed by atoms with E-state index >= 15 is 0 Å². The molecule has 1 rings (SSSR count). The van der Waals surface area contributed by atoms with Crippen LogP contribution in [0.15, 0.2) is 0 Å². The molecule has 0 N–H and O–H groups in total. The molecule has 1 fully saturated rings. The van der Waals surface area contributed by atoms with Crippen LogP contribution in [0.4, 0.5) is 0 Å². The maximum Gasteiger partial charge on any atom is 0.308 e. The van der Waals surface area contributed by atoms with E-state index in [1.54, 1.807) is 0 Å². The first-order valence-corrected chi connectivity index (χ1v) is 3.25. The SMILES string of the molecule is CCOC1(OCC)CO1. The van der Waals surface area contributed by atoms with E-state index in [2.05, 4.69) is 0 Å². The summed E-state index contributed by atoms with van der Waals surface area (Å²) in [6, 6.07) is 0. The molecule has 0 atom stereocenters. The number of ether oxygens (including phenoxy) is 3. The summed E-state index contributed by atoms with van der Waals surface area (Å²) < 4.78 is 15.2. The fraction of sp³-hybridized carbons (Fsp3) is 1.00. The van der Waals surface area contributed by atoms with Gasteiger partial charge in [-0.05, 0) is 13.8 Å². The number of epoxide rings is 1. The van der Waals surface area contributed by atoms with Gasteiger partial charge in [-0.1, -0.05) is 0 Å². The Labute approximate surface area is 54.9 Å². The molecule has 1 aliphatic heterocycles. The van der Waals surface area contributed by atoms with Crippen LogP contribution in [0.1, 0.15) is 13.8 Å². The summed E-state index contributed by atoms with van der Waals surface area (Å²) >= 11 is 0. The Balaban J connectivity index is 2.17. The van der Waals surface area contributed by atoms with Gasteiger partial charge in [0.15, 0.2) is 0 Å². The molecular weight excluding hydrogens is 120 g/mol. The minimum atomic E-state index is -0.649. The highest BCUT2D eigenvalue weighted by Gasteiger charge is 2.47. The maximum absolute atomic E-state index is 5.14. The summed E-state index contributed by atoms with van der Waals surface area (Å²) in [5.74, 6) is -0.649. The summed E-state index contributed by atoms with van der Waals surface area (Å²) in [5, 5.41) is 0. The second-order valence-electron chi connectivity index (χ2n) is 1.84. The molecule has 9 heavy (non-hydrogen) atoms. The normalized spacial score (nSPS) is 22.0. The van der Waals surface area contributed by atoms with E-state index in [1.807, 2.05) is 13.8 Å². The van der Waals surface area contributed by atoms with Crippen LogP contribution in [0.3, 0.4) is 0 Å². The van der Waals surface area contributed by atoms with E-state index in [9.17, 15) is 0 Å². The molecule has 3 nitrogen and oxygen atoms in total. The first kappa shape index (κ1) is 6.99. The first-order chi connectivity index (χ1) is 4.33. The zero-order chi connectivity index (χ0) is 6.74. The van der Waals surface area contributed by atoms with Gasteiger partial charge in [-0.3, -0.25) is 0 Å². The molecule has 0 spiro atoms. The van der Waals surface area contributed by atoms with Crippen LogP contribution in [0.25, 0.3) is 0 Å². The van der Waals surface area contributed by atoms with Gasteiger partial charge in [-0.25, -0.2) is 0 Å². The average Bonchev–Trinajstić information content (AvgIpc) is 2.51. The summed E-state index contributed by atoms with van der Waals surface area (Å²) in [7, 11) is 0. The van der Waals surface area contributed by atoms with Crippen molar-refractivity contribution in [2.45, 2.75) is 19.8 Å². The zero-order valence-electron chi connectivity index (χ0n) is 5.85. The van der Waals surface area contributed by atoms with Crippen LogP contribution in [-0.4, -0.2) is 25.8 Å². The molecule has 0 aromatic carbocycles. The van der Waals surface area contributed by atoms with Crippen LogP contribution in [0.2, 0.25) is 0 Å². The van der Waals surface area contributed by atoms with E-state index < -0.39 is 5.97 Å². The molecule has 0 unspecified atom stereocenters. The summed E-state index contributed by atoms with van der Waals surface area (Å²) in [4.78, 5) is 0. The molecule has 54 valence electrons. The average molecular weight is 132 g/mol. The van der Waals surface area contributed by atoms with Crippen LogP contribution >= 0.6 is 0 Å². The van der Waals surface area contributed by atoms with Gasteiger partial charge in [0.25, 0.3) is 0 Å². The standard InChI is InChI=1S/C6H12O3/c1-3-7-6(5-9-6)8-4-2/h3-5H2,1-2H3. The number of hydrogen-bond donors (Lipinski definition) is 0. The predicted octanol–water partition coefficient (Wildman–Crippen LogP) is 0.743. The number of hydrogen-bond acceptors (Lipinski definition) is 3. The predicted molar refractivity (Wildman–Crippen MR) is 31.9 cm³/mol. The van der Waals surface area contributed by atoms with E-state index in [4.69, 9.17) is 14.2 Å². The Bertz CT molecular complexity index is 80.3. The molecule has 0 bridgehead atoms. The lowest BCUT2D eigenvalue weighted by atomic mass is 10.7. The van der Waals surface area contributed by atoms with Gasteiger partial charge in [0, 0.05) is 13.2 Å². The summed E-state index contributed by atoms with van der Waals surface area (Å²) in [5.41, 5.74) is 0. The van der Waals surface area contributed by atoms with Gasteiger partial charge in [-0.2, -0.15) is 0 Å². The molecule has 1 heterocycles. The Morgan fingerprint density at radius 3 is 2.00 bits per heavy atom. The highest BCUT2D eigenvalue weighted by molar-refractivity contribution is 4.69. The van der Waals surface area contributed by atoms with Gasteiger partial charge in [0.05, 0.1) is 0 Å². The Morgan fingerprint density at radius 2 is 1.78 bits per heavy atom. The van der Waals surface area contributed by atoms with Crippen LogP contribution in [0, 0.1) is 0 Å². The molecule has 0 aromatic heterocycles. The van der Waals surface area contributed by atoms with Gasteiger partial charge in [0.1, 0.15) is 6.61 Å². The third-order valence-electron chi connectivity index (χ3n) is 1.11. The third kappa shape index (κ3) is 1.64. The molecule has 0 aromatic rings. The van der Waals surface area contributed by atoms with E-state index in [1.165, 1.54) is 0 Å². The van der Waals surface area contributed by atoms with Crippen molar-refractivity contribution in [2.75, 3.05) is 19.8 Å². The quantitative estimate of drug-likeness (QED) is 0.417. The minimum Gasteiger partial charge on any atom is -0.326 e. The minimum absolute atomic E-state index is 0.578. The first-order valence-electron chi connectivity index (χ1n) is 3.25. The van der Waals surface area contributed by atoms with Gasteiger partial charge in [0.2, 0.25) is 0 Å². The van der Waals surface area contributed by atoms with Gasteiger partial charge in [-0.15, -0.1) is 0 Å². The summed E-state index contributed by atoms with van der Waals surface area (Å²) in [6.45, 7) is 5.69. The van der Waals surface area contributed by atoms with Crippen molar-refractivity contribution < 1.29 is 14.2 Å². The second kappa shape index (κ2) is 2.64. The Hall–Kier alpha value is -0.120. The lowest BCUT2D eigenvalue weighted by Gasteiger charge is -2.09. The van der Waals surface area contributed by atoms with Crippen LogP contribution in [0.5, 0.6) is 0 Å². The van der Waals surface area contributed by atoms with Crippen LogP contribution < -0.4 is 0 Å². The van der Waals surface area contributed by atoms with E-state index in [-0.39, 0.29) is 0 Å². The van der Waals surface area contributed by atoms with Crippen LogP contribution in [-0.2, 0) is 14.2 Å². The van der Waals surface area contributed by atoms with E-state index in [0.717, 1.165) is 0 Å². The van der Waals surface area contributed by atoms with Crippen molar-refractivity contribution in [3.8, 4) is 0 Å². The van der Waals surface area contributed by atoms with Crippen molar-refractivity contribution >= 4 is 0 Å². The fourth-order valence-corrected chi connectivity index (χ4v) is 0.707. The topological polar surface area (TPSA) is 31.0 Å². The van der Waals surface area contributed by atoms with Crippen molar-refractivity contribution in [3.63, 3.8) is 0 Å². The molecule has 0 saturated carbocycles. The molecule has 1 aliphatic rings. The summed E-state index contributed by atoms with van der Waals surface area (Å²) in [6.07, 6.45) is 0. The smallest absolute Gasteiger partial charge is 0.308 e. The van der Waals surface area contributed by atoms with Crippen molar-refractivity contribution in [1.82, 2.24) is 0 Å². The highest BCUT2D eigenvalue weighted by Crippen LogP contribution is 2.29. The Morgan fingerprint density at radius 1 is 1.33 bits per heavy atom. The third-order valence-corrected chi connectivity index (χ3v) is 1.11. The lowest BCUT2D eigenvalue weighted by molar-refractivity contribution is -0.221. The number of rotatable bonds is 4. The van der Waals surface area contributed by atoms with Crippen molar-refractivity contribution in [2.24, 2.45) is 0 Å². The zero-order valence-corrected chi connectivity index (χ0v) is 5.85. The fourth-order valence-electron chi connectivity index (χ4n) is 0.707. The van der Waals surface area contributed by atoms with Crippen molar-refractivity contribution in [1.29, 1.82) is 0 Å². The molecule has 1 saturated heterocycles. The van der Waals surface area contributed by atoms with Crippen molar-refractivity contribution in [3.05, 3.63) is 0 Å². The largest absolute Gasteiger partial charge is 0.326 e. The van der Waals surface area contributed by atoms with Gasteiger partial charge < -0.3 is 14.2 Å². The molecule has 0 amide bonds. The molecule has 3 heteroatoms. The Kier molecular flexibility index (Phi) is 2.05. The maximum atomic E-state index is 5.14. The highest BCUT2D eigenvalue weighted by atomic mass is 16.9. The molecule has 0 radical (unpaired) electrons. The van der Waals surface area contributed by atoms with Gasteiger partial charge >= 0.3 is 5.97 Å². The molecular formula is C6H12O3. The monoisotopic (exact) mass is 132 g/mol. The second-order valence-corrected chi connectivity index (χ2v) is 1.84. The molecule has 0 aliphatic carbocycles.